The van der Waals surface area contributed by atoms with Crippen LogP contribution < -0.4 is 10.0 Å². The average Bonchev–Trinajstić information content (AvgIpc) is 2.53. The van der Waals surface area contributed by atoms with Crippen molar-refractivity contribution in [3.05, 3.63) is 42.2 Å². The fraction of sp³-hybridized carbons (Fsp3) is 0.294. The smallest absolute Gasteiger partial charge is 0.264 e. The third-order valence-electron chi connectivity index (χ3n) is 4.15. The van der Waals surface area contributed by atoms with E-state index in [-0.39, 0.29) is 28.6 Å². The van der Waals surface area contributed by atoms with Crippen molar-refractivity contribution in [3.8, 4) is 0 Å². The Balaban J connectivity index is 1.63. The molecule has 2 N–H and O–H groups in total. The van der Waals surface area contributed by atoms with E-state index in [4.69, 9.17) is 0 Å². The highest BCUT2D eigenvalue weighted by atomic mass is 32.2. The van der Waals surface area contributed by atoms with Gasteiger partial charge in [-0.25, -0.2) is 23.1 Å². The molecule has 1 saturated heterocycles. The average molecular weight is 389 g/mol. The van der Waals surface area contributed by atoms with E-state index in [1.54, 1.807) is 17.9 Å². The number of likely N-dealkylation sites (tertiary alicyclic amines) is 1. The lowest BCUT2D eigenvalue weighted by atomic mass is 9.99. The Hall–Kier alpha value is -3.01. The summed E-state index contributed by atoms with van der Waals surface area (Å²) in [5.41, 5.74) is 1.12. The molecule has 1 aliphatic rings. The van der Waals surface area contributed by atoms with Gasteiger partial charge in [-0.15, -0.1) is 0 Å². The fourth-order valence-electron chi connectivity index (χ4n) is 2.54. The largest absolute Gasteiger partial charge is 0.341 e. The molecule has 0 unspecified atom stereocenters. The van der Waals surface area contributed by atoms with Crippen molar-refractivity contribution >= 4 is 33.5 Å². The minimum atomic E-state index is -3.83. The summed E-state index contributed by atoms with van der Waals surface area (Å²) in [6.45, 7) is 3.99. The van der Waals surface area contributed by atoms with Crippen molar-refractivity contribution in [1.29, 1.82) is 0 Å². The quantitative estimate of drug-likeness (QED) is 0.787. The zero-order valence-corrected chi connectivity index (χ0v) is 15.7. The molecule has 2 amide bonds. The second-order valence-electron chi connectivity index (χ2n) is 6.26. The van der Waals surface area contributed by atoms with Crippen LogP contribution in [-0.4, -0.2) is 48.2 Å². The van der Waals surface area contributed by atoms with Crippen LogP contribution in [0.3, 0.4) is 0 Å². The molecule has 1 aromatic carbocycles. The number of aryl methyl sites for hydroxylation is 1. The molecule has 0 saturated carbocycles. The third-order valence-corrected chi connectivity index (χ3v) is 5.49. The maximum absolute atomic E-state index is 12.4. The molecule has 2 aromatic rings. The first-order valence-corrected chi connectivity index (χ1v) is 9.72. The van der Waals surface area contributed by atoms with E-state index < -0.39 is 10.0 Å². The van der Waals surface area contributed by atoms with E-state index >= 15 is 0 Å². The second-order valence-corrected chi connectivity index (χ2v) is 7.94. The number of nitrogens with one attached hydrogen (secondary N) is 2. The maximum Gasteiger partial charge on any atom is 0.264 e. The fourth-order valence-corrected chi connectivity index (χ4v) is 3.49. The van der Waals surface area contributed by atoms with E-state index in [1.165, 1.54) is 37.4 Å². The standard InChI is InChI=1S/C17H19N5O4S/c1-11-7-8-18-17(19-11)21-27(25,26)15-5-3-14(4-6-15)20-16(24)13-9-22(10-13)12(2)23/h3-8,13H,9-10H2,1-2H3,(H,20,24)(H,18,19,21). The Morgan fingerprint density at radius 2 is 1.81 bits per heavy atom. The summed E-state index contributed by atoms with van der Waals surface area (Å²) in [5, 5.41) is 2.72. The minimum absolute atomic E-state index is 0.00705. The van der Waals surface area contributed by atoms with E-state index in [9.17, 15) is 18.0 Å². The lowest BCUT2D eigenvalue weighted by molar-refractivity contribution is -0.139. The molecule has 1 aromatic heterocycles. The summed E-state index contributed by atoms with van der Waals surface area (Å²) in [6.07, 6.45) is 1.46. The maximum atomic E-state index is 12.4. The molecule has 0 bridgehead atoms. The molecular formula is C17H19N5O4S. The number of sulfonamides is 1. The molecule has 142 valence electrons. The second kappa shape index (κ2) is 7.31. The summed E-state index contributed by atoms with van der Waals surface area (Å²) in [6, 6.07) is 7.44. The number of aromatic nitrogens is 2. The van der Waals surface area contributed by atoms with Crippen molar-refractivity contribution in [1.82, 2.24) is 14.9 Å². The molecule has 2 heterocycles. The first kappa shape index (κ1) is 18.8. The predicted octanol–water partition coefficient (Wildman–Crippen LogP) is 1.00. The number of hydrogen-bond donors (Lipinski definition) is 2. The van der Waals surface area contributed by atoms with Crippen LogP contribution in [0.15, 0.2) is 41.4 Å². The van der Waals surface area contributed by atoms with Crippen LogP contribution in [0.25, 0.3) is 0 Å². The van der Waals surface area contributed by atoms with Crippen LogP contribution in [0.1, 0.15) is 12.6 Å². The highest BCUT2D eigenvalue weighted by molar-refractivity contribution is 7.92. The van der Waals surface area contributed by atoms with Crippen LogP contribution >= 0.6 is 0 Å². The molecule has 0 atom stereocenters. The molecule has 1 aliphatic heterocycles. The molecular weight excluding hydrogens is 370 g/mol. The number of hydrogen-bond acceptors (Lipinski definition) is 6. The summed E-state index contributed by atoms with van der Waals surface area (Å²) in [5.74, 6) is -0.516. The minimum Gasteiger partial charge on any atom is -0.341 e. The number of amides is 2. The van der Waals surface area contributed by atoms with E-state index in [0.717, 1.165) is 0 Å². The summed E-state index contributed by atoms with van der Waals surface area (Å²) >= 11 is 0. The number of benzene rings is 1. The van der Waals surface area contributed by atoms with Gasteiger partial charge in [0.1, 0.15) is 0 Å². The van der Waals surface area contributed by atoms with Crippen molar-refractivity contribution < 1.29 is 18.0 Å². The third kappa shape index (κ3) is 4.40. The summed E-state index contributed by atoms with van der Waals surface area (Å²) < 4.78 is 27.1. The normalized spacial score (nSPS) is 14.4. The van der Waals surface area contributed by atoms with Gasteiger partial charge in [0.15, 0.2) is 0 Å². The first-order valence-electron chi connectivity index (χ1n) is 8.23. The van der Waals surface area contributed by atoms with Crippen LogP contribution in [0.5, 0.6) is 0 Å². The van der Waals surface area contributed by atoms with Crippen molar-refractivity contribution in [2.24, 2.45) is 5.92 Å². The molecule has 1 fully saturated rings. The summed E-state index contributed by atoms with van der Waals surface area (Å²) in [7, 11) is -3.83. The van der Waals surface area contributed by atoms with Crippen LogP contribution in [0, 0.1) is 12.8 Å². The van der Waals surface area contributed by atoms with Crippen molar-refractivity contribution in [2.75, 3.05) is 23.1 Å². The topological polar surface area (TPSA) is 121 Å². The molecule has 3 rings (SSSR count). The van der Waals surface area contributed by atoms with Gasteiger partial charge in [0, 0.05) is 37.6 Å². The number of carbonyl (C=O) groups excluding carboxylic acids is 2. The Morgan fingerprint density at radius 3 is 2.41 bits per heavy atom. The Bertz CT molecular complexity index is 969. The number of nitrogens with zero attached hydrogens (tertiary/aromatic N) is 3. The van der Waals surface area contributed by atoms with Gasteiger partial charge >= 0.3 is 0 Å². The molecule has 0 aliphatic carbocycles. The highest BCUT2D eigenvalue weighted by Crippen LogP contribution is 2.20. The highest BCUT2D eigenvalue weighted by Gasteiger charge is 2.34. The van der Waals surface area contributed by atoms with Crippen LogP contribution in [0.2, 0.25) is 0 Å². The van der Waals surface area contributed by atoms with E-state index in [1.807, 2.05) is 0 Å². The zero-order valence-electron chi connectivity index (χ0n) is 14.8. The van der Waals surface area contributed by atoms with Crippen LogP contribution in [0.4, 0.5) is 11.6 Å². The van der Waals surface area contributed by atoms with E-state index in [2.05, 4.69) is 20.0 Å². The molecule has 0 spiro atoms. The first-order chi connectivity index (χ1) is 12.7. The van der Waals surface area contributed by atoms with Gasteiger partial charge in [-0.3, -0.25) is 9.59 Å². The van der Waals surface area contributed by atoms with Crippen molar-refractivity contribution in [3.63, 3.8) is 0 Å². The Labute approximate surface area is 156 Å². The lowest BCUT2D eigenvalue weighted by Gasteiger charge is -2.37. The zero-order chi connectivity index (χ0) is 19.6. The number of anilines is 2. The SMILES string of the molecule is CC(=O)N1CC(C(=O)Nc2ccc(S(=O)(=O)Nc3nccc(C)n3)cc2)C1. The van der Waals surface area contributed by atoms with Gasteiger partial charge < -0.3 is 10.2 Å². The number of carbonyl (C=O) groups is 2. The Morgan fingerprint density at radius 1 is 1.15 bits per heavy atom. The van der Waals surface area contributed by atoms with Gasteiger partial charge in [-0.1, -0.05) is 0 Å². The van der Waals surface area contributed by atoms with Gasteiger partial charge in [0.25, 0.3) is 10.0 Å². The molecule has 0 radical (unpaired) electrons. The van der Waals surface area contributed by atoms with Gasteiger partial charge in [-0.2, -0.15) is 0 Å². The van der Waals surface area contributed by atoms with Crippen LogP contribution in [-0.2, 0) is 19.6 Å². The summed E-state index contributed by atoms with van der Waals surface area (Å²) in [4.78, 5) is 32.8. The molecule has 10 heteroatoms. The lowest BCUT2D eigenvalue weighted by Crippen LogP contribution is -2.53. The predicted molar refractivity (Wildman–Crippen MR) is 98.4 cm³/mol. The van der Waals surface area contributed by atoms with Gasteiger partial charge in [0.05, 0.1) is 10.8 Å². The molecule has 9 nitrogen and oxygen atoms in total. The molecule has 27 heavy (non-hydrogen) atoms. The van der Waals surface area contributed by atoms with Gasteiger partial charge in [-0.05, 0) is 37.3 Å². The van der Waals surface area contributed by atoms with Crippen molar-refractivity contribution in [2.45, 2.75) is 18.7 Å². The monoisotopic (exact) mass is 389 g/mol. The Kier molecular flexibility index (Phi) is 5.08. The van der Waals surface area contributed by atoms with Gasteiger partial charge in [0.2, 0.25) is 17.8 Å². The van der Waals surface area contributed by atoms with E-state index in [0.29, 0.717) is 24.5 Å². The number of rotatable bonds is 5.